The van der Waals surface area contributed by atoms with Gasteiger partial charge in [-0.1, -0.05) is 12.1 Å². The van der Waals surface area contributed by atoms with Crippen LogP contribution < -0.4 is 0 Å². The van der Waals surface area contributed by atoms with Crippen LogP contribution in [0.25, 0.3) is 0 Å². The highest BCUT2D eigenvalue weighted by Crippen LogP contribution is 2.36. The summed E-state index contributed by atoms with van der Waals surface area (Å²) >= 11 is 0. The third kappa shape index (κ3) is 3.16. The molecule has 2 N–H and O–H groups in total. The highest BCUT2D eigenvalue weighted by Gasteiger charge is 2.50. The van der Waals surface area contributed by atoms with E-state index in [0.717, 1.165) is 24.3 Å². The molecule has 0 aliphatic carbocycles. The van der Waals surface area contributed by atoms with E-state index in [1.54, 1.807) is 0 Å². The SMILES string of the molecule is O=C(O)[C@H]([C@@H](O)c1ccc(F)cc1)C(F)(F)F. The standard InChI is InChI=1S/C10H8F4O3/c11-6-3-1-5(2-4-6)8(15)7(9(16)17)10(12,13)14/h1-4,7-8,15H,(H,16,17)/t7-,8-/m0/s1. The van der Waals surface area contributed by atoms with Crippen LogP contribution in [0, 0.1) is 11.7 Å². The lowest BCUT2D eigenvalue weighted by molar-refractivity contribution is -0.212. The number of carbonyl (C=O) groups is 1. The summed E-state index contributed by atoms with van der Waals surface area (Å²) in [7, 11) is 0. The molecule has 7 heteroatoms. The molecule has 0 saturated carbocycles. The van der Waals surface area contributed by atoms with E-state index in [4.69, 9.17) is 5.11 Å². The Hall–Kier alpha value is -1.63. The molecule has 0 fully saturated rings. The molecule has 0 amide bonds. The van der Waals surface area contributed by atoms with Crippen LogP contribution in [0.4, 0.5) is 17.6 Å². The predicted octanol–water partition coefficient (Wildman–Crippen LogP) is 2.12. The van der Waals surface area contributed by atoms with Gasteiger partial charge in [-0.15, -0.1) is 0 Å². The molecule has 1 aromatic rings. The summed E-state index contributed by atoms with van der Waals surface area (Å²) in [5.41, 5.74) is -0.309. The largest absolute Gasteiger partial charge is 0.481 e. The molecular formula is C10H8F4O3. The first-order valence-corrected chi connectivity index (χ1v) is 4.46. The molecule has 0 spiro atoms. The number of aliphatic hydroxyl groups excluding tert-OH is 1. The van der Waals surface area contributed by atoms with Crippen LogP contribution in [0.1, 0.15) is 11.7 Å². The second kappa shape index (κ2) is 4.70. The van der Waals surface area contributed by atoms with Gasteiger partial charge in [-0.2, -0.15) is 13.2 Å². The third-order valence-electron chi connectivity index (χ3n) is 2.15. The Balaban J connectivity index is 3.04. The second-order valence-electron chi connectivity index (χ2n) is 3.35. The van der Waals surface area contributed by atoms with Gasteiger partial charge in [-0.3, -0.25) is 4.79 Å². The quantitative estimate of drug-likeness (QED) is 0.810. The molecule has 3 nitrogen and oxygen atoms in total. The third-order valence-corrected chi connectivity index (χ3v) is 2.15. The molecule has 2 atom stereocenters. The molecule has 0 aliphatic heterocycles. The topological polar surface area (TPSA) is 57.5 Å². The van der Waals surface area contributed by atoms with Crippen molar-refractivity contribution in [1.29, 1.82) is 0 Å². The minimum absolute atomic E-state index is 0.309. The first-order chi connectivity index (χ1) is 7.73. The van der Waals surface area contributed by atoms with Crippen molar-refractivity contribution in [2.75, 3.05) is 0 Å². The van der Waals surface area contributed by atoms with Crippen LogP contribution in [-0.4, -0.2) is 22.4 Å². The first-order valence-electron chi connectivity index (χ1n) is 4.46. The molecule has 0 saturated heterocycles. The molecule has 0 unspecified atom stereocenters. The normalized spacial score (nSPS) is 15.4. The summed E-state index contributed by atoms with van der Waals surface area (Å²) in [4.78, 5) is 10.5. The fourth-order valence-electron chi connectivity index (χ4n) is 1.31. The molecule has 0 radical (unpaired) electrons. The Kier molecular flexibility index (Phi) is 3.72. The average Bonchev–Trinajstić information content (AvgIpc) is 2.15. The van der Waals surface area contributed by atoms with E-state index in [-0.39, 0.29) is 5.56 Å². The Morgan fingerprint density at radius 2 is 1.65 bits per heavy atom. The molecule has 0 bridgehead atoms. The van der Waals surface area contributed by atoms with Gasteiger partial charge >= 0.3 is 12.1 Å². The summed E-state index contributed by atoms with van der Waals surface area (Å²) < 4.78 is 49.6. The van der Waals surface area contributed by atoms with Gasteiger partial charge < -0.3 is 10.2 Å². The van der Waals surface area contributed by atoms with Gasteiger partial charge in [0, 0.05) is 0 Å². The fourth-order valence-corrected chi connectivity index (χ4v) is 1.31. The van der Waals surface area contributed by atoms with Crippen molar-refractivity contribution in [3.8, 4) is 0 Å². The zero-order valence-corrected chi connectivity index (χ0v) is 8.28. The number of hydrogen-bond acceptors (Lipinski definition) is 2. The van der Waals surface area contributed by atoms with Gasteiger partial charge in [0.05, 0.1) is 0 Å². The van der Waals surface area contributed by atoms with E-state index in [0.29, 0.717) is 0 Å². The summed E-state index contributed by atoms with van der Waals surface area (Å²) in [6, 6.07) is 3.49. The maximum absolute atomic E-state index is 12.5. The zero-order chi connectivity index (χ0) is 13.2. The van der Waals surface area contributed by atoms with Crippen LogP contribution in [0.3, 0.4) is 0 Å². The van der Waals surface area contributed by atoms with Crippen molar-refractivity contribution in [1.82, 2.24) is 0 Å². The monoisotopic (exact) mass is 252 g/mol. The highest BCUT2D eigenvalue weighted by molar-refractivity contribution is 5.72. The summed E-state index contributed by atoms with van der Waals surface area (Å²) in [5.74, 6) is -5.82. The number of aliphatic carboxylic acids is 1. The summed E-state index contributed by atoms with van der Waals surface area (Å²) in [6.45, 7) is 0. The Labute approximate surface area is 93.3 Å². The van der Waals surface area contributed by atoms with E-state index in [2.05, 4.69) is 0 Å². The number of hydrogen-bond donors (Lipinski definition) is 2. The van der Waals surface area contributed by atoms with E-state index in [1.165, 1.54) is 0 Å². The van der Waals surface area contributed by atoms with Crippen LogP contribution in [0.5, 0.6) is 0 Å². The van der Waals surface area contributed by atoms with Crippen LogP contribution in [0.2, 0.25) is 0 Å². The van der Waals surface area contributed by atoms with Crippen molar-refractivity contribution in [3.63, 3.8) is 0 Å². The van der Waals surface area contributed by atoms with E-state index < -0.39 is 30.0 Å². The maximum atomic E-state index is 12.5. The number of aliphatic hydroxyl groups is 1. The first kappa shape index (κ1) is 13.4. The predicted molar refractivity (Wildman–Crippen MR) is 48.5 cm³/mol. The van der Waals surface area contributed by atoms with Crippen LogP contribution in [-0.2, 0) is 4.79 Å². The number of benzene rings is 1. The maximum Gasteiger partial charge on any atom is 0.405 e. The number of carboxylic acid groups (broad SMARTS) is 1. The number of carboxylic acids is 1. The van der Waals surface area contributed by atoms with Crippen molar-refractivity contribution >= 4 is 5.97 Å². The molecule has 1 rings (SSSR count). The van der Waals surface area contributed by atoms with Crippen LogP contribution in [0.15, 0.2) is 24.3 Å². The Morgan fingerprint density at radius 1 is 1.18 bits per heavy atom. The van der Waals surface area contributed by atoms with Crippen molar-refractivity contribution in [2.45, 2.75) is 12.3 Å². The molecule has 1 aromatic carbocycles. The molecule has 94 valence electrons. The van der Waals surface area contributed by atoms with E-state index in [9.17, 15) is 27.5 Å². The average molecular weight is 252 g/mol. The van der Waals surface area contributed by atoms with E-state index in [1.807, 2.05) is 0 Å². The van der Waals surface area contributed by atoms with Gasteiger partial charge in [0.15, 0.2) is 5.92 Å². The molecule has 17 heavy (non-hydrogen) atoms. The van der Waals surface area contributed by atoms with Crippen LogP contribution >= 0.6 is 0 Å². The number of rotatable bonds is 3. The molecule has 0 aromatic heterocycles. The van der Waals surface area contributed by atoms with Gasteiger partial charge in [-0.05, 0) is 17.7 Å². The molecule has 0 heterocycles. The van der Waals surface area contributed by atoms with Crippen molar-refractivity contribution < 1.29 is 32.6 Å². The smallest absolute Gasteiger partial charge is 0.405 e. The van der Waals surface area contributed by atoms with Crippen molar-refractivity contribution in [2.24, 2.45) is 5.92 Å². The highest BCUT2D eigenvalue weighted by atomic mass is 19.4. The lowest BCUT2D eigenvalue weighted by Crippen LogP contribution is -2.35. The lowest BCUT2D eigenvalue weighted by atomic mass is 9.95. The Morgan fingerprint density at radius 3 is 2.00 bits per heavy atom. The minimum Gasteiger partial charge on any atom is -0.481 e. The minimum atomic E-state index is -5.08. The summed E-state index contributed by atoms with van der Waals surface area (Å²) in [5, 5.41) is 17.8. The van der Waals surface area contributed by atoms with Gasteiger partial charge in [0.25, 0.3) is 0 Å². The number of halogens is 4. The lowest BCUT2D eigenvalue weighted by Gasteiger charge is -2.21. The Bertz CT molecular complexity index is 399. The van der Waals surface area contributed by atoms with Gasteiger partial charge in [-0.25, -0.2) is 4.39 Å². The van der Waals surface area contributed by atoms with Gasteiger partial charge in [0.1, 0.15) is 11.9 Å². The molecule has 0 aliphatic rings. The van der Waals surface area contributed by atoms with Gasteiger partial charge in [0.2, 0.25) is 0 Å². The van der Waals surface area contributed by atoms with Crippen molar-refractivity contribution in [3.05, 3.63) is 35.6 Å². The summed E-state index contributed by atoms with van der Waals surface area (Å²) in [6.07, 6.45) is -7.35. The van der Waals surface area contributed by atoms with E-state index >= 15 is 0 Å². The number of alkyl halides is 3. The second-order valence-corrected chi connectivity index (χ2v) is 3.35. The molecular weight excluding hydrogens is 244 g/mol. The zero-order valence-electron chi connectivity index (χ0n) is 8.28. The fraction of sp³-hybridized carbons (Fsp3) is 0.300.